The maximum absolute atomic E-state index is 8.78. The van der Waals surface area contributed by atoms with E-state index < -0.39 is 0 Å². The van der Waals surface area contributed by atoms with Gasteiger partial charge in [-0.15, -0.1) is 0 Å². The number of hydrogen-bond acceptors (Lipinski definition) is 5. The van der Waals surface area contributed by atoms with Gasteiger partial charge in [0.1, 0.15) is 0 Å². The molecule has 1 aliphatic carbocycles. The van der Waals surface area contributed by atoms with E-state index in [1.807, 2.05) is 36.0 Å². The van der Waals surface area contributed by atoms with Gasteiger partial charge >= 0.3 is 0 Å². The van der Waals surface area contributed by atoms with E-state index in [9.17, 15) is 0 Å². The Bertz CT molecular complexity index is 624. The second-order valence-electron chi connectivity index (χ2n) is 5.31. The Morgan fingerprint density at radius 2 is 2.00 bits per heavy atom. The average molecular weight is 299 g/mol. The van der Waals surface area contributed by atoms with E-state index >= 15 is 0 Å². The summed E-state index contributed by atoms with van der Waals surface area (Å²) in [5.41, 5.74) is 1.74. The van der Waals surface area contributed by atoms with Crippen LogP contribution in [0.25, 0.3) is 0 Å². The molecule has 1 aromatic carbocycles. The molecule has 0 amide bonds. The lowest BCUT2D eigenvalue weighted by Gasteiger charge is -2.04. The highest BCUT2D eigenvalue weighted by atomic mass is 32.2. The van der Waals surface area contributed by atoms with Crippen molar-refractivity contribution in [2.24, 2.45) is 0 Å². The molecule has 1 saturated carbocycles. The van der Waals surface area contributed by atoms with Gasteiger partial charge in [-0.05, 0) is 30.5 Å². The summed E-state index contributed by atoms with van der Waals surface area (Å²) in [6.45, 7) is 0. The smallest absolute Gasteiger partial charge is 0.231 e. The highest BCUT2D eigenvalue weighted by molar-refractivity contribution is 7.99. The third-order valence-electron chi connectivity index (χ3n) is 3.70. The van der Waals surface area contributed by atoms with Gasteiger partial charge in [-0.3, -0.25) is 0 Å². The molecule has 0 radical (unpaired) electrons. The predicted octanol–water partition coefficient (Wildman–Crippen LogP) is 3.71. The summed E-state index contributed by atoms with van der Waals surface area (Å²) in [5, 5.41) is 13.6. The van der Waals surface area contributed by atoms with Crippen molar-refractivity contribution in [1.29, 1.82) is 5.26 Å². The molecule has 0 N–H and O–H groups in total. The molecule has 108 valence electrons. The van der Waals surface area contributed by atoms with Crippen LogP contribution in [-0.4, -0.2) is 15.4 Å². The Labute approximate surface area is 128 Å². The first-order valence-corrected chi connectivity index (χ1v) is 8.30. The second kappa shape index (κ2) is 6.77. The van der Waals surface area contributed by atoms with Gasteiger partial charge < -0.3 is 4.52 Å². The largest absolute Gasteiger partial charge is 0.339 e. The number of hydrogen-bond donors (Lipinski definition) is 0. The molecular formula is C16H17N3OS. The maximum atomic E-state index is 8.78. The van der Waals surface area contributed by atoms with Crippen LogP contribution >= 0.6 is 11.8 Å². The fourth-order valence-electron chi connectivity index (χ4n) is 2.54. The molecule has 0 atom stereocenters. The van der Waals surface area contributed by atoms with Gasteiger partial charge in [-0.25, -0.2) is 0 Å². The van der Waals surface area contributed by atoms with Gasteiger partial charge in [0, 0.05) is 5.25 Å². The highest BCUT2D eigenvalue weighted by Gasteiger charge is 2.16. The van der Waals surface area contributed by atoms with Crippen molar-refractivity contribution in [1.82, 2.24) is 10.1 Å². The summed E-state index contributed by atoms with van der Waals surface area (Å²) in [6, 6.07) is 9.58. The summed E-state index contributed by atoms with van der Waals surface area (Å²) >= 11 is 1.94. The first-order valence-electron chi connectivity index (χ1n) is 7.25. The third kappa shape index (κ3) is 3.85. The Hall–Kier alpha value is -1.80. The zero-order chi connectivity index (χ0) is 14.5. The van der Waals surface area contributed by atoms with Crippen LogP contribution in [-0.2, 0) is 12.2 Å². The van der Waals surface area contributed by atoms with Crippen LogP contribution in [0.2, 0.25) is 0 Å². The molecule has 1 aliphatic rings. The number of nitrogens with zero attached hydrogens (tertiary/aromatic N) is 3. The number of aromatic nitrogens is 2. The SMILES string of the molecule is N#Cc1ccc(Cc2nc(CSC3CCCC3)no2)cc1. The molecule has 1 heterocycles. The minimum atomic E-state index is 0.618. The number of benzene rings is 1. The molecule has 21 heavy (non-hydrogen) atoms. The van der Waals surface area contributed by atoms with E-state index in [1.165, 1.54) is 25.7 Å². The molecule has 0 spiro atoms. The molecule has 0 saturated heterocycles. The van der Waals surface area contributed by atoms with Crippen LogP contribution in [0.3, 0.4) is 0 Å². The molecule has 2 aromatic rings. The van der Waals surface area contributed by atoms with Crippen LogP contribution in [0.4, 0.5) is 0 Å². The molecule has 4 nitrogen and oxygen atoms in total. The molecule has 0 unspecified atom stereocenters. The molecule has 5 heteroatoms. The fraction of sp³-hybridized carbons (Fsp3) is 0.438. The Kier molecular flexibility index (Phi) is 4.56. The Balaban J connectivity index is 1.55. The van der Waals surface area contributed by atoms with Crippen molar-refractivity contribution in [3.8, 4) is 6.07 Å². The normalized spacial score (nSPS) is 15.2. The topological polar surface area (TPSA) is 62.7 Å². The summed E-state index contributed by atoms with van der Waals surface area (Å²) < 4.78 is 5.30. The van der Waals surface area contributed by atoms with E-state index in [4.69, 9.17) is 9.78 Å². The van der Waals surface area contributed by atoms with Crippen LogP contribution < -0.4 is 0 Å². The standard InChI is InChI=1S/C16H17N3OS/c17-10-13-7-5-12(6-8-13)9-16-18-15(19-20-16)11-21-14-3-1-2-4-14/h5-8,14H,1-4,9,11H2. The van der Waals surface area contributed by atoms with Crippen LogP contribution in [0.1, 0.15) is 48.5 Å². The van der Waals surface area contributed by atoms with E-state index in [2.05, 4.69) is 16.2 Å². The number of thioether (sulfide) groups is 1. The van der Waals surface area contributed by atoms with E-state index in [0.717, 1.165) is 22.4 Å². The second-order valence-corrected chi connectivity index (χ2v) is 6.60. The van der Waals surface area contributed by atoms with Gasteiger partial charge in [0.05, 0.1) is 23.8 Å². The lowest BCUT2D eigenvalue weighted by Crippen LogP contribution is -1.96. The van der Waals surface area contributed by atoms with Crippen LogP contribution in [0, 0.1) is 11.3 Å². The molecule has 0 bridgehead atoms. The van der Waals surface area contributed by atoms with Crippen LogP contribution in [0.15, 0.2) is 28.8 Å². The van der Waals surface area contributed by atoms with E-state index in [0.29, 0.717) is 17.9 Å². The lowest BCUT2D eigenvalue weighted by molar-refractivity contribution is 0.381. The minimum Gasteiger partial charge on any atom is -0.339 e. The highest BCUT2D eigenvalue weighted by Crippen LogP contribution is 2.31. The van der Waals surface area contributed by atoms with Gasteiger partial charge in [-0.1, -0.05) is 30.1 Å². The summed E-state index contributed by atoms with van der Waals surface area (Å²) in [4.78, 5) is 4.45. The zero-order valence-electron chi connectivity index (χ0n) is 11.8. The fourth-order valence-corrected chi connectivity index (χ4v) is 3.71. The first kappa shape index (κ1) is 14.2. The summed E-state index contributed by atoms with van der Waals surface area (Å²) in [7, 11) is 0. The van der Waals surface area contributed by atoms with Crippen molar-refractivity contribution in [3.05, 3.63) is 47.1 Å². The predicted molar refractivity (Wildman–Crippen MR) is 81.8 cm³/mol. The quantitative estimate of drug-likeness (QED) is 0.842. The monoisotopic (exact) mass is 299 g/mol. The van der Waals surface area contributed by atoms with Crippen LogP contribution in [0.5, 0.6) is 0 Å². The van der Waals surface area contributed by atoms with Gasteiger partial charge in [0.2, 0.25) is 5.89 Å². The lowest BCUT2D eigenvalue weighted by atomic mass is 10.1. The maximum Gasteiger partial charge on any atom is 0.231 e. The third-order valence-corrected chi connectivity index (χ3v) is 5.07. The van der Waals surface area contributed by atoms with Gasteiger partial charge in [-0.2, -0.15) is 22.0 Å². The Morgan fingerprint density at radius 1 is 1.24 bits per heavy atom. The summed E-state index contributed by atoms with van der Waals surface area (Å²) in [6.07, 6.45) is 5.97. The summed E-state index contributed by atoms with van der Waals surface area (Å²) in [5.74, 6) is 2.26. The van der Waals surface area contributed by atoms with E-state index in [-0.39, 0.29) is 0 Å². The van der Waals surface area contributed by atoms with Gasteiger partial charge in [0.15, 0.2) is 5.82 Å². The number of nitriles is 1. The Morgan fingerprint density at radius 3 is 2.71 bits per heavy atom. The average Bonchev–Trinajstić information content (AvgIpc) is 3.17. The van der Waals surface area contributed by atoms with E-state index in [1.54, 1.807) is 0 Å². The molecule has 0 aliphatic heterocycles. The van der Waals surface area contributed by atoms with Crippen molar-refractivity contribution in [2.75, 3.05) is 0 Å². The van der Waals surface area contributed by atoms with Crippen molar-refractivity contribution in [3.63, 3.8) is 0 Å². The van der Waals surface area contributed by atoms with Crippen molar-refractivity contribution < 1.29 is 4.52 Å². The molecule has 3 rings (SSSR count). The number of rotatable bonds is 5. The van der Waals surface area contributed by atoms with Crippen molar-refractivity contribution in [2.45, 2.75) is 43.1 Å². The molecule has 1 fully saturated rings. The molecule has 1 aromatic heterocycles. The van der Waals surface area contributed by atoms with Gasteiger partial charge in [0.25, 0.3) is 0 Å². The molecular weight excluding hydrogens is 282 g/mol. The minimum absolute atomic E-state index is 0.618. The van der Waals surface area contributed by atoms with Crippen molar-refractivity contribution >= 4 is 11.8 Å². The first-order chi connectivity index (χ1) is 10.3. The zero-order valence-corrected chi connectivity index (χ0v) is 12.6.